The minimum atomic E-state index is -0.616. The average molecular weight is 184 g/mol. The quantitative estimate of drug-likeness (QED) is 0.570. The summed E-state index contributed by atoms with van der Waals surface area (Å²) in [6.07, 6.45) is 0. The molecule has 7 heavy (non-hydrogen) atoms. The standard InChI is InChI=1S/C2H4Cl2O.H2O.V/c3-2(4)1-5;;/h2,5H,1H2;1H2;/q;;+2. The van der Waals surface area contributed by atoms with Gasteiger partial charge in [0.25, 0.3) is 0 Å². The number of aliphatic hydroxyl groups excluding tert-OH is 1. The van der Waals surface area contributed by atoms with Crippen LogP contribution in [0.3, 0.4) is 0 Å². The molecule has 0 spiro atoms. The fourth-order valence-corrected chi connectivity index (χ4v) is 0. The van der Waals surface area contributed by atoms with E-state index in [0.717, 1.165) is 0 Å². The van der Waals surface area contributed by atoms with Crippen LogP contribution in [0, 0.1) is 0 Å². The van der Waals surface area contributed by atoms with Crippen LogP contribution in [-0.4, -0.2) is 22.0 Å². The van der Waals surface area contributed by atoms with Crippen molar-refractivity contribution in [3.05, 3.63) is 0 Å². The minimum absolute atomic E-state index is 0. The van der Waals surface area contributed by atoms with E-state index in [9.17, 15) is 0 Å². The first-order chi connectivity index (χ1) is 2.27. The second-order valence-corrected chi connectivity index (χ2v) is 1.85. The van der Waals surface area contributed by atoms with Crippen LogP contribution in [0.4, 0.5) is 0 Å². The van der Waals surface area contributed by atoms with Gasteiger partial charge >= 0.3 is 18.6 Å². The molecule has 0 saturated heterocycles. The van der Waals surface area contributed by atoms with E-state index >= 15 is 0 Å². The van der Waals surface area contributed by atoms with Crippen LogP contribution in [-0.2, 0) is 18.6 Å². The number of rotatable bonds is 1. The Hall–Kier alpha value is 1.08. The summed E-state index contributed by atoms with van der Waals surface area (Å²) in [6, 6.07) is 0. The molecule has 0 aliphatic heterocycles. The van der Waals surface area contributed by atoms with Gasteiger partial charge in [-0.1, -0.05) is 0 Å². The maximum atomic E-state index is 7.88. The molecule has 5 heteroatoms. The summed E-state index contributed by atoms with van der Waals surface area (Å²) in [5.41, 5.74) is 0. The number of hydrogen-bond acceptors (Lipinski definition) is 1. The van der Waals surface area contributed by atoms with E-state index in [0.29, 0.717) is 0 Å². The van der Waals surface area contributed by atoms with Crippen LogP contribution in [0.1, 0.15) is 0 Å². The maximum Gasteiger partial charge on any atom is 2.00 e. The molecule has 0 aliphatic carbocycles. The largest absolute Gasteiger partial charge is 2.00 e. The van der Waals surface area contributed by atoms with Crippen molar-refractivity contribution in [1.29, 1.82) is 0 Å². The minimum Gasteiger partial charge on any atom is -0.412 e. The zero-order chi connectivity index (χ0) is 4.28. The Morgan fingerprint density at radius 2 is 1.57 bits per heavy atom. The van der Waals surface area contributed by atoms with E-state index < -0.39 is 4.84 Å². The SMILES string of the molecule is O.OCC(Cl)Cl.[V+2]. The van der Waals surface area contributed by atoms with Crippen molar-refractivity contribution in [2.75, 3.05) is 6.61 Å². The molecule has 0 amide bonds. The molecule has 3 N–H and O–H groups in total. The summed E-state index contributed by atoms with van der Waals surface area (Å²) in [6.45, 7) is -0.164. The predicted octanol–water partition coefficient (Wildman–Crippen LogP) is -0.0448. The first-order valence-corrected chi connectivity index (χ1v) is 2.03. The van der Waals surface area contributed by atoms with Gasteiger partial charge < -0.3 is 10.6 Å². The fourth-order valence-electron chi connectivity index (χ4n) is 0. The first kappa shape index (κ1) is 15.7. The number of halogens is 2. The van der Waals surface area contributed by atoms with Gasteiger partial charge in [-0.15, -0.1) is 23.2 Å². The monoisotopic (exact) mass is 183 g/mol. The molecule has 1 radical (unpaired) electrons. The van der Waals surface area contributed by atoms with E-state index in [4.69, 9.17) is 28.3 Å². The third-order valence-electron chi connectivity index (χ3n) is 0.138. The van der Waals surface area contributed by atoms with Crippen LogP contribution >= 0.6 is 23.2 Å². The molecular weight excluding hydrogens is 178 g/mol. The summed E-state index contributed by atoms with van der Waals surface area (Å²) >= 11 is 9.96. The molecule has 0 rings (SSSR count). The normalized spacial score (nSPS) is 6.86. The Bertz CT molecular complexity index is 27.7. The van der Waals surface area contributed by atoms with Gasteiger partial charge in [0, 0.05) is 0 Å². The Labute approximate surface area is 64.0 Å². The summed E-state index contributed by atoms with van der Waals surface area (Å²) in [7, 11) is 0. The third-order valence-corrected chi connectivity index (χ3v) is 0.414. The summed E-state index contributed by atoms with van der Waals surface area (Å²) in [5.74, 6) is 0. The van der Waals surface area contributed by atoms with Gasteiger partial charge in [-0.2, -0.15) is 0 Å². The fraction of sp³-hybridized carbons (Fsp3) is 1.00. The van der Waals surface area contributed by atoms with E-state index in [-0.39, 0.29) is 30.6 Å². The Morgan fingerprint density at radius 3 is 1.57 bits per heavy atom. The summed E-state index contributed by atoms with van der Waals surface area (Å²) in [5, 5.41) is 7.88. The van der Waals surface area contributed by atoms with Crippen molar-refractivity contribution in [3.63, 3.8) is 0 Å². The van der Waals surface area contributed by atoms with Crippen LogP contribution in [0.5, 0.6) is 0 Å². The molecule has 0 aromatic rings. The summed E-state index contributed by atoms with van der Waals surface area (Å²) < 4.78 is 0. The van der Waals surface area contributed by atoms with Crippen LogP contribution in [0.2, 0.25) is 0 Å². The van der Waals surface area contributed by atoms with Crippen molar-refractivity contribution >= 4 is 23.2 Å². The van der Waals surface area contributed by atoms with E-state index in [1.54, 1.807) is 0 Å². The van der Waals surface area contributed by atoms with E-state index in [1.807, 2.05) is 0 Å². The van der Waals surface area contributed by atoms with Crippen molar-refractivity contribution in [3.8, 4) is 0 Å². The Balaban J connectivity index is -0.0000000800. The van der Waals surface area contributed by atoms with Gasteiger partial charge in [-0.3, -0.25) is 0 Å². The molecular formula is C2H6Cl2O2V+2. The molecule has 0 aromatic heterocycles. The Kier molecular flexibility index (Phi) is 22.7. The van der Waals surface area contributed by atoms with Crippen molar-refractivity contribution < 1.29 is 29.1 Å². The topological polar surface area (TPSA) is 51.7 Å². The molecule has 0 fully saturated rings. The second-order valence-electron chi connectivity index (χ2n) is 0.574. The average Bonchev–Trinajstić information content (AvgIpc) is 1.38. The summed E-state index contributed by atoms with van der Waals surface area (Å²) in [4.78, 5) is -0.616. The smallest absolute Gasteiger partial charge is 0.412 e. The Morgan fingerprint density at radius 1 is 1.43 bits per heavy atom. The van der Waals surface area contributed by atoms with Crippen molar-refractivity contribution in [1.82, 2.24) is 0 Å². The van der Waals surface area contributed by atoms with Gasteiger partial charge in [0.2, 0.25) is 0 Å². The molecule has 0 aromatic carbocycles. The molecule has 43 valence electrons. The van der Waals surface area contributed by atoms with Crippen LogP contribution < -0.4 is 0 Å². The number of hydrogen-bond donors (Lipinski definition) is 1. The molecule has 0 unspecified atom stereocenters. The van der Waals surface area contributed by atoms with Gasteiger partial charge in [0.05, 0.1) is 6.61 Å². The second kappa shape index (κ2) is 10.1. The van der Waals surface area contributed by atoms with Gasteiger partial charge in [-0.05, 0) is 0 Å². The van der Waals surface area contributed by atoms with E-state index in [1.165, 1.54) is 0 Å². The van der Waals surface area contributed by atoms with E-state index in [2.05, 4.69) is 0 Å². The first-order valence-electron chi connectivity index (χ1n) is 1.16. The van der Waals surface area contributed by atoms with Crippen molar-refractivity contribution in [2.45, 2.75) is 4.84 Å². The molecule has 0 bridgehead atoms. The zero-order valence-corrected chi connectivity index (χ0v) is 6.34. The van der Waals surface area contributed by atoms with Crippen molar-refractivity contribution in [2.24, 2.45) is 0 Å². The predicted molar refractivity (Wildman–Crippen MR) is 26.2 cm³/mol. The molecule has 0 aliphatic rings. The molecule has 2 nitrogen and oxygen atoms in total. The number of alkyl halides is 2. The maximum absolute atomic E-state index is 7.88. The van der Waals surface area contributed by atoms with Gasteiger partial charge in [0.1, 0.15) is 4.84 Å². The van der Waals surface area contributed by atoms with Crippen LogP contribution in [0.25, 0.3) is 0 Å². The third kappa shape index (κ3) is 19.3. The van der Waals surface area contributed by atoms with Gasteiger partial charge in [-0.25, -0.2) is 0 Å². The molecule has 0 saturated carbocycles. The van der Waals surface area contributed by atoms with Crippen LogP contribution in [0.15, 0.2) is 0 Å². The molecule has 0 atom stereocenters. The molecule has 0 heterocycles. The zero-order valence-electron chi connectivity index (χ0n) is 3.43. The van der Waals surface area contributed by atoms with Gasteiger partial charge in [0.15, 0.2) is 0 Å². The number of aliphatic hydroxyl groups is 1.